The second-order valence-corrected chi connectivity index (χ2v) is 6.47. The lowest BCUT2D eigenvalue weighted by molar-refractivity contribution is -0.129. The molecule has 1 saturated carbocycles. The van der Waals surface area contributed by atoms with Crippen molar-refractivity contribution < 1.29 is 18.7 Å². The molecule has 0 spiro atoms. The van der Waals surface area contributed by atoms with E-state index >= 15 is 0 Å². The van der Waals surface area contributed by atoms with Crippen LogP contribution in [0.15, 0.2) is 18.2 Å². The smallest absolute Gasteiger partial charge is 0.240 e. The van der Waals surface area contributed by atoms with Crippen LogP contribution >= 0.6 is 0 Å². The molecule has 4 nitrogen and oxygen atoms in total. The molecule has 1 atom stereocenters. The van der Waals surface area contributed by atoms with Crippen LogP contribution in [0.1, 0.15) is 57.1 Å². The molecule has 0 bridgehead atoms. The Morgan fingerprint density at radius 1 is 1.25 bits per heavy atom. The first-order valence-electron chi connectivity index (χ1n) is 8.65. The van der Waals surface area contributed by atoms with Crippen molar-refractivity contribution in [1.29, 1.82) is 0 Å². The summed E-state index contributed by atoms with van der Waals surface area (Å²) >= 11 is 0. The zero-order valence-corrected chi connectivity index (χ0v) is 14.1. The zero-order valence-electron chi connectivity index (χ0n) is 14.1. The molecular weight excluding hydrogens is 314 g/mol. The fraction of sp³-hybridized carbons (Fsp3) is 0.611. The van der Waals surface area contributed by atoms with E-state index in [0.29, 0.717) is 24.9 Å². The summed E-state index contributed by atoms with van der Waals surface area (Å²) in [5.74, 6) is -1.97. The van der Waals surface area contributed by atoms with Crippen molar-refractivity contribution in [3.8, 4) is 0 Å². The lowest BCUT2D eigenvalue weighted by Crippen LogP contribution is -2.58. The summed E-state index contributed by atoms with van der Waals surface area (Å²) in [4.78, 5) is 12.6. The van der Waals surface area contributed by atoms with Crippen molar-refractivity contribution in [3.05, 3.63) is 35.4 Å². The number of halogens is 2. The molecule has 1 fully saturated rings. The van der Waals surface area contributed by atoms with Crippen LogP contribution in [-0.2, 0) is 4.79 Å². The van der Waals surface area contributed by atoms with E-state index in [2.05, 4.69) is 10.6 Å². The van der Waals surface area contributed by atoms with Crippen LogP contribution in [-0.4, -0.2) is 29.6 Å². The summed E-state index contributed by atoms with van der Waals surface area (Å²) in [7, 11) is 0. The van der Waals surface area contributed by atoms with E-state index in [1.165, 1.54) is 6.07 Å². The van der Waals surface area contributed by atoms with E-state index in [4.69, 9.17) is 0 Å². The largest absolute Gasteiger partial charge is 0.387 e. The van der Waals surface area contributed by atoms with Gasteiger partial charge in [0.25, 0.3) is 0 Å². The molecule has 0 aliphatic heterocycles. The second-order valence-electron chi connectivity index (χ2n) is 6.47. The molecule has 134 valence electrons. The van der Waals surface area contributed by atoms with Crippen molar-refractivity contribution in [2.75, 3.05) is 13.1 Å². The van der Waals surface area contributed by atoms with Crippen LogP contribution in [0.3, 0.4) is 0 Å². The van der Waals surface area contributed by atoms with Gasteiger partial charge in [-0.2, -0.15) is 0 Å². The van der Waals surface area contributed by atoms with Crippen molar-refractivity contribution in [2.24, 2.45) is 0 Å². The summed E-state index contributed by atoms with van der Waals surface area (Å²) in [6.45, 7) is 2.73. The van der Waals surface area contributed by atoms with Crippen molar-refractivity contribution >= 4 is 5.91 Å². The first-order chi connectivity index (χ1) is 11.5. The van der Waals surface area contributed by atoms with Gasteiger partial charge in [-0.15, -0.1) is 0 Å². The molecule has 0 radical (unpaired) electrons. The second kappa shape index (κ2) is 8.53. The first-order valence-corrected chi connectivity index (χ1v) is 8.65. The third-order valence-corrected chi connectivity index (χ3v) is 4.64. The number of amides is 1. The van der Waals surface area contributed by atoms with Crippen LogP contribution in [0, 0.1) is 11.6 Å². The Labute approximate surface area is 141 Å². The molecule has 0 saturated heterocycles. The minimum atomic E-state index is -1.00. The van der Waals surface area contributed by atoms with Gasteiger partial charge in [-0.3, -0.25) is 4.79 Å². The molecule has 1 aliphatic carbocycles. The van der Waals surface area contributed by atoms with Crippen LogP contribution < -0.4 is 10.6 Å². The van der Waals surface area contributed by atoms with E-state index in [1.54, 1.807) is 0 Å². The van der Waals surface area contributed by atoms with E-state index in [1.807, 2.05) is 6.92 Å². The van der Waals surface area contributed by atoms with Gasteiger partial charge >= 0.3 is 0 Å². The monoisotopic (exact) mass is 340 g/mol. The maximum absolute atomic E-state index is 13.3. The Morgan fingerprint density at radius 3 is 2.58 bits per heavy atom. The number of rotatable bonds is 7. The van der Waals surface area contributed by atoms with Crippen molar-refractivity contribution in [3.63, 3.8) is 0 Å². The number of hydrogen-bond acceptors (Lipinski definition) is 3. The number of carbonyl (C=O) groups excluding carboxylic acids is 1. The van der Waals surface area contributed by atoms with E-state index in [0.717, 1.165) is 37.8 Å². The molecule has 24 heavy (non-hydrogen) atoms. The fourth-order valence-corrected chi connectivity index (χ4v) is 3.18. The quantitative estimate of drug-likeness (QED) is 0.715. The van der Waals surface area contributed by atoms with Gasteiger partial charge in [0.15, 0.2) is 11.6 Å². The Kier molecular flexibility index (Phi) is 6.69. The topological polar surface area (TPSA) is 61.4 Å². The average Bonchev–Trinajstić information content (AvgIpc) is 2.60. The van der Waals surface area contributed by atoms with Gasteiger partial charge in [0.2, 0.25) is 5.91 Å². The number of nitrogens with one attached hydrogen (secondary N) is 2. The number of aliphatic hydroxyl groups is 1. The first kappa shape index (κ1) is 18.8. The maximum Gasteiger partial charge on any atom is 0.240 e. The van der Waals surface area contributed by atoms with Crippen LogP contribution in [0.25, 0.3) is 0 Å². The van der Waals surface area contributed by atoms with Gasteiger partial charge in [-0.05, 0) is 37.0 Å². The maximum atomic E-state index is 13.3. The molecule has 1 aromatic rings. The Bertz CT molecular complexity index is 560. The Balaban J connectivity index is 2.03. The number of benzene rings is 1. The van der Waals surface area contributed by atoms with E-state index in [9.17, 15) is 18.7 Å². The van der Waals surface area contributed by atoms with Gasteiger partial charge in [0.05, 0.1) is 11.6 Å². The highest BCUT2D eigenvalue weighted by Gasteiger charge is 2.39. The highest BCUT2D eigenvalue weighted by atomic mass is 19.2. The standard InChI is InChI=1S/C18H26F2N2O2/c1-2-10-21-17(24)18(8-4-3-5-9-18)22-12-16(23)13-6-7-14(19)15(20)11-13/h6-7,11,16,22-23H,2-5,8-10,12H2,1H3,(H,21,24). The molecule has 1 aliphatic rings. The molecule has 0 heterocycles. The average molecular weight is 340 g/mol. The van der Waals surface area contributed by atoms with Crippen LogP contribution in [0.2, 0.25) is 0 Å². The molecule has 2 rings (SSSR count). The lowest BCUT2D eigenvalue weighted by atomic mass is 9.80. The summed E-state index contributed by atoms with van der Waals surface area (Å²) in [5, 5.41) is 16.4. The molecule has 0 aromatic heterocycles. The SMILES string of the molecule is CCCNC(=O)C1(NCC(O)c2ccc(F)c(F)c2)CCCCC1. The fourth-order valence-electron chi connectivity index (χ4n) is 3.18. The molecular formula is C18H26F2N2O2. The summed E-state index contributed by atoms with van der Waals surface area (Å²) in [6, 6.07) is 3.35. The Morgan fingerprint density at radius 2 is 1.96 bits per heavy atom. The van der Waals surface area contributed by atoms with Crippen LogP contribution in [0.5, 0.6) is 0 Å². The summed E-state index contributed by atoms with van der Waals surface area (Å²) in [5.41, 5.74) is -0.395. The Hall–Kier alpha value is -1.53. The summed E-state index contributed by atoms with van der Waals surface area (Å²) < 4.78 is 26.3. The minimum absolute atomic E-state index is 0.0402. The van der Waals surface area contributed by atoms with E-state index in [-0.39, 0.29) is 12.5 Å². The van der Waals surface area contributed by atoms with Gasteiger partial charge in [0.1, 0.15) is 0 Å². The van der Waals surface area contributed by atoms with Gasteiger partial charge in [0, 0.05) is 13.1 Å². The molecule has 1 unspecified atom stereocenters. The number of β-amino-alcohol motifs (C(OH)–C–C–N with tert-alkyl or cyclic N) is 1. The predicted molar refractivity (Wildman–Crippen MR) is 88.4 cm³/mol. The highest BCUT2D eigenvalue weighted by Crippen LogP contribution is 2.29. The van der Waals surface area contributed by atoms with Crippen molar-refractivity contribution in [1.82, 2.24) is 10.6 Å². The third kappa shape index (κ3) is 4.51. The molecule has 6 heteroatoms. The van der Waals surface area contributed by atoms with Crippen molar-refractivity contribution in [2.45, 2.75) is 57.1 Å². The van der Waals surface area contributed by atoms with E-state index < -0.39 is 23.3 Å². The van der Waals surface area contributed by atoms with Gasteiger partial charge in [-0.1, -0.05) is 32.3 Å². The molecule has 1 aromatic carbocycles. The molecule has 3 N–H and O–H groups in total. The number of aliphatic hydroxyl groups excluding tert-OH is 1. The lowest BCUT2D eigenvalue weighted by Gasteiger charge is -2.37. The van der Waals surface area contributed by atoms with Crippen LogP contribution in [0.4, 0.5) is 8.78 Å². The van der Waals surface area contributed by atoms with Gasteiger partial charge < -0.3 is 15.7 Å². The number of hydrogen-bond donors (Lipinski definition) is 3. The predicted octanol–water partition coefficient (Wildman–Crippen LogP) is 2.82. The number of carbonyl (C=O) groups is 1. The molecule has 1 amide bonds. The third-order valence-electron chi connectivity index (χ3n) is 4.64. The summed E-state index contributed by atoms with van der Waals surface area (Å²) in [6.07, 6.45) is 4.29. The highest BCUT2D eigenvalue weighted by molar-refractivity contribution is 5.86. The minimum Gasteiger partial charge on any atom is -0.387 e. The zero-order chi connectivity index (χ0) is 17.6. The van der Waals surface area contributed by atoms with Gasteiger partial charge in [-0.25, -0.2) is 8.78 Å². The normalized spacial score (nSPS) is 18.2.